The van der Waals surface area contributed by atoms with Crippen molar-refractivity contribution in [2.24, 2.45) is 23.2 Å². The molecule has 5 rings (SSSR count). The summed E-state index contributed by atoms with van der Waals surface area (Å²) in [5.74, 6) is 1.44. The highest BCUT2D eigenvalue weighted by atomic mass is 16.5. The number of carbonyl (C=O) groups excluding carboxylic acids is 1. The lowest BCUT2D eigenvalue weighted by atomic mass is 9.62. The van der Waals surface area contributed by atoms with Crippen molar-refractivity contribution in [3.8, 4) is 0 Å². The molecule has 2 aromatic heterocycles. The summed E-state index contributed by atoms with van der Waals surface area (Å²) >= 11 is 0. The molecule has 166 valence electrons. The van der Waals surface area contributed by atoms with Crippen molar-refractivity contribution in [3.05, 3.63) is 24.0 Å². The van der Waals surface area contributed by atoms with Gasteiger partial charge in [-0.3, -0.25) is 4.79 Å². The van der Waals surface area contributed by atoms with Crippen LogP contribution in [-0.2, 0) is 15.0 Å². The van der Waals surface area contributed by atoms with Gasteiger partial charge in [-0.25, -0.2) is 4.98 Å². The smallest absolute Gasteiger partial charge is 0.423 e. The number of pyridine rings is 1. The van der Waals surface area contributed by atoms with Crippen molar-refractivity contribution in [2.75, 3.05) is 13.1 Å². The molecule has 2 spiro atoms. The Balaban J connectivity index is 1.27. The van der Waals surface area contributed by atoms with Gasteiger partial charge in [0.15, 0.2) is 0 Å². The van der Waals surface area contributed by atoms with Gasteiger partial charge >= 0.3 is 7.12 Å². The van der Waals surface area contributed by atoms with Gasteiger partial charge in [-0.1, -0.05) is 27.7 Å². The van der Waals surface area contributed by atoms with Crippen LogP contribution in [0.1, 0.15) is 65.4 Å². The molecule has 2 fully saturated rings. The van der Waals surface area contributed by atoms with E-state index < -0.39 is 12.7 Å². The first-order valence-electron chi connectivity index (χ1n) is 11.8. The number of fused-ring (bicyclic) bond motifs is 4. The molecule has 4 heterocycles. The van der Waals surface area contributed by atoms with Crippen LogP contribution >= 0.6 is 0 Å². The predicted octanol–water partition coefficient (Wildman–Crippen LogP) is 3.20. The van der Waals surface area contributed by atoms with Crippen LogP contribution in [0.5, 0.6) is 0 Å². The number of rotatable bonds is 4. The van der Waals surface area contributed by atoms with E-state index in [1.165, 1.54) is 0 Å². The van der Waals surface area contributed by atoms with E-state index in [4.69, 9.17) is 4.65 Å². The monoisotopic (exact) mass is 423 g/mol. The fourth-order valence-electron chi connectivity index (χ4n) is 6.32. The standard InChI is InChI=1S/C24H34BN3O3/c1-15(2)11-16(3)17(4)22(29)28-13-23(14-28)6-8-24(9-7-23)20-18-5-10-26-21(18)27-12-19(20)25(30)31-24/h5,10,12,15-17,30H,6-9,11,13-14H2,1-4H3,(H,26,27). The lowest BCUT2D eigenvalue weighted by molar-refractivity contribution is -0.155. The number of likely N-dealkylation sites (tertiary alicyclic amines) is 1. The van der Waals surface area contributed by atoms with E-state index >= 15 is 0 Å². The molecule has 6 nitrogen and oxygen atoms in total. The third kappa shape index (κ3) is 3.32. The zero-order valence-corrected chi connectivity index (χ0v) is 19.1. The van der Waals surface area contributed by atoms with Crippen LogP contribution in [0, 0.1) is 23.2 Å². The molecule has 3 aliphatic rings. The molecule has 2 N–H and O–H groups in total. The lowest BCUT2D eigenvalue weighted by Crippen LogP contribution is -2.61. The maximum Gasteiger partial charge on any atom is 0.493 e. The molecule has 1 amide bonds. The normalized spacial score (nSPS) is 23.4. The largest absolute Gasteiger partial charge is 0.493 e. The second-order valence-electron chi connectivity index (χ2n) is 10.9. The number of hydrogen-bond donors (Lipinski definition) is 2. The van der Waals surface area contributed by atoms with Crippen LogP contribution < -0.4 is 5.46 Å². The van der Waals surface area contributed by atoms with Gasteiger partial charge in [0.05, 0.1) is 5.60 Å². The first kappa shape index (κ1) is 21.0. The van der Waals surface area contributed by atoms with E-state index in [-0.39, 0.29) is 11.3 Å². The average molecular weight is 423 g/mol. The van der Waals surface area contributed by atoms with Crippen LogP contribution in [-0.4, -0.2) is 46.0 Å². The Labute approximate surface area is 184 Å². The average Bonchev–Trinajstić information content (AvgIpc) is 3.28. The zero-order chi connectivity index (χ0) is 22.0. The van der Waals surface area contributed by atoms with Gasteiger partial charge in [0.25, 0.3) is 0 Å². The Kier molecular flexibility index (Phi) is 4.98. The molecule has 2 atom stereocenters. The lowest BCUT2D eigenvalue weighted by Gasteiger charge is -2.56. The highest BCUT2D eigenvalue weighted by Gasteiger charge is 2.56. The molecule has 1 saturated heterocycles. The SMILES string of the molecule is CC(C)CC(C)C(C)C(=O)N1CC2(CCC3(CC2)OB(O)c2cnc4[nH]ccc4c23)C1. The number of nitrogens with zero attached hydrogens (tertiary/aromatic N) is 2. The minimum atomic E-state index is -0.904. The van der Waals surface area contributed by atoms with Crippen molar-refractivity contribution >= 4 is 29.5 Å². The van der Waals surface area contributed by atoms with E-state index in [1.807, 2.05) is 12.3 Å². The Morgan fingerprint density at radius 2 is 1.97 bits per heavy atom. The number of nitrogens with one attached hydrogen (secondary N) is 1. The molecule has 0 radical (unpaired) electrons. The highest BCUT2D eigenvalue weighted by Crippen LogP contribution is 2.54. The molecule has 1 saturated carbocycles. The van der Waals surface area contributed by atoms with Gasteiger partial charge < -0.3 is 19.6 Å². The molecule has 7 heteroatoms. The third-order valence-electron chi connectivity index (χ3n) is 8.24. The first-order valence-corrected chi connectivity index (χ1v) is 11.8. The van der Waals surface area contributed by atoms with E-state index in [2.05, 4.69) is 42.6 Å². The summed E-state index contributed by atoms with van der Waals surface area (Å²) in [6.07, 6.45) is 8.54. The summed E-state index contributed by atoms with van der Waals surface area (Å²) in [6.45, 7) is 10.5. The van der Waals surface area contributed by atoms with Gasteiger partial charge in [0, 0.05) is 47.7 Å². The van der Waals surface area contributed by atoms with Crippen molar-refractivity contribution in [1.29, 1.82) is 0 Å². The van der Waals surface area contributed by atoms with Crippen LogP contribution in [0.2, 0.25) is 0 Å². The van der Waals surface area contributed by atoms with Crippen molar-refractivity contribution in [3.63, 3.8) is 0 Å². The second kappa shape index (κ2) is 7.34. The van der Waals surface area contributed by atoms with Gasteiger partial charge in [-0.05, 0) is 55.6 Å². The Hall–Kier alpha value is -1.86. The van der Waals surface area contributed by atoms with Crippen LogP contribution in [0.3, 0.4) is 0 Å². The maximum absolute atomic E-state index is 13.0. The van der Waals surface area contributed by atoms with Gasteiger partial charge in [0.2, 0.25) is 5.91 Å². The summed E-state index contributed by atoms with van der Waals surface area (Å²) in [7, 11) is -0.904. The molecule has 0 aromatic carbocycles. The number of H-pyrrole nitrogens is 1. The fourth-order valence-corrected chi connectivity index (χ4v) is 6.32. The summed E-state index contributed by atoms with van der Waals surface area (Å²) < 4.78 is 6.20. The summed E-state index contributed by atoms with van der Waals surface area (Å²) in [5.41, 5.74) is 2.54. The van der Waals surface area contributed by atoms with Gasteiger partial charge in [-0.2, -0.15) is 0 Å². The predicted molar refractivity (Wildman–Crippen MR) is 122 cm³/mol. The molecule has 1 aliphatic carbocycles. The maximum atomic E-state index is 13.0. The van der Waals surface area contributed by atoms with E-state index in [9.17, 15) is 9.82 Å². The molecule has 31 heavy (non-hydrogen) atoms. The highest BCUT2D eigenvalue weighted by molar-refractivity contribution is 6.62. The fraction of sp³-hybridized carbons (Fsp3) is 0.667. The Bertz CT molecular complexity index is 987. The topological polar surface area (TPSA) is 78.5 Å². The van der Waals surface area contributed by atoms with Crippen LogP contribution in [0.15, 0.2) is 18.5 Å². The molecule has 2 aliphatic heterocycles. The van der Waals surface area contributed by atoms with Crippen LogP contribution in [0.4, 0.5) is 0 Å². The minimum absolute atomic E-state index is 0.0873. The quantitative estimate of drug-likeness (QED) is 0.741. The van der Waals surface area contributed by atoms with E-state index in [0.29, 0.717) is 17.7 Å². The summed E-state index contributed by atoms with van der Waals surface area (Å²) in [6, 6.07) is 2.04. The number of amides is 1. The van der Waals surface area contributed by atoms with Crippen LogP contribution in [0.25, 0.3) is 11.0 Å². The number of aromatic nitrogens is 2. The molecular formula is C24H34BN3O3. The molecule has 2 aromatic rings. The van der Waals surface area contributed by atoms with Crippen molar-refractivity contribution in [1.82, 2.24) is 14.9 Å². The molecule has 2 unspecified atom stereocenters. The molecular weight excluding hydrogens is 389 g/mol. The number of hydrogen-bond acceptors (Lipinski definition) is 4. The second-order valence-corrected chi connectivity index (χ2v) is 10.9. The van der Waals surface area contributed by atoms with Gasteiger partial charge in [-0.15, -0.1) is 0 Å². The summed E-state index contributed by atoms with van der Waals surface area (Å²) in [5, 5.41) is 11.6. The minimum Gasteiger partial charge on any atom is -0.423 e. The van der Waals surface area contributed by atoms with Crippen molar-refractivity contribution < 1.29 is 14.5 Å². The third-order valence-corrected chi connectivity index (χ3v) is 8.24. The Morgan fingerprint density at radius 1 is 1.26 bits per heavy atom. The molecule has 0 bridgehead atoms. The van der Waals surface area contributed by atoms with Gasteiger partial charge in [0.1, 0.15) is 5.65 Å². The Morgan fingerprint density at radius 3 is 2.65 bits per heavy atom. The summed E-state index contributed by atoms with van der Waals surface area (Å²) in [4.78, 5) is 22.7. The first-order chi connectivity index (χ1) is 14.7. The zero-order valence-electron chi connectivity index (χ0n) is 19.1. The number of aromatic amines is 1. The van der Waals surface area contributed by atoms with E-state index in [0.717, 1.165) is 67.3 Å². The van der Waals surface area contributed by atoms with Crippen molar-refractivity contribution in [2.45, 2.75) is 65.4 Å². The number of carbonyl (C=O) groups is 1. The van der Waals surface area contributed by atoms with E-state index in [1.54, 1.807) is 6.20 Å².